The zero-order valence-electron chi connectivity index (χ0n) is 10.0. The molecule has 1 saturated heterocycles. The standard InChI is InChI=1S/C11H17N3O2S/c1-17(15,16)14-7-5-13(6-8-14)10-11-3-2-4-12-9-11/h2-4,9H,5-8,10H2,1H3/p+2. The van der Waals surface area contributed by atoms with E-state index in [1.165, 1.54) is 16.7 Å². The fourth-order valence-electron chi connectivity index (χ4n) is 2.14. The Balaban J connectivity index is 1.88. The van der Waals surface area contributed by atoms with Crippen molar-refractivity contribution in [1.82, 2.24) is 4.31 Å². The fraction of sp³-hybridized carbons (Fsp3) is 0.545. The Morgan fingerprint density at radius 3 is 2.65 bits per heavy atom. The molecule has 0 saturated carbocycles. The predicted molar refractivity (Wildman–Crippen MR) is 63.8 cm³/mol. The van der Waals surface area contributed by atoms with Crippen LogP contribution in [0.3, 0.4) is 0 Å². The van der Waals surface area contributed by atoms with E-state index in [1.807, 2.05) is 18.5 Å². The number of sulfonamides is 1. The summed E-state index contributed by atoms with van der Waals surface area (Å²) in [4.78, 5) is 4.50. The van der Waals surface area contributed by atoms with Gasteiger partial charge in [-0.15, -0.1) is 0 Å². The molecule has 1 aliphatic rings. The second-order valence-electron chi connectivity index (χ2n) is 4.50. The highest BCUT2D eigenvalue weighted by atomic mass is 32.2. The number of hydrogen-bond acceptors (Lipinski definition) is 2. The molecular formula is C11H19N3O2S+2. The molecule has 94 valence electrons. The molecule has 2 rings (SSSR count). The first-order chi connectivity index (χ1) is 8.05. The number of H-pyrrole nitrogens is 1. The molecule has 0 aromatic carbocycles. The summed E-state index contributed by atoms with van der Waals surface area (Å²) in [6, 6.07) is 4.08. The molecule has 0 spiro atoms. The molecule has 0 unspecified atom stereocenters. The summed E-state index contributed by atoms with van der Waals surface area (Å²) < 4.78 is 24.3. The van der Waals surface area contributed by atoms with Crippen LogP contribution in [0.5, 0.6) is 0 Å². The van der Waals surface area contributed by atoms with Crippen molar-refractivity contribution in [2.45, 2.75) is 6.54 Å². The van der Waals surface area contributed by atoms with Gasteiger partial charge in [-0.2, -0.15) is 4.31 Å². The van der Waals surface area contributed by atoms with E-state index in [9.17, 15) is 8.42 Å². The maximum atomic E-state index is 11.4. The van der Waals surface area contributed by atoms with Crippen LogP contribution in [-0.2, 0) is 16.6 Å². The first kappa shape index (κ1) is 12.5. The van der Waals surface area contributed by atoms with Crippen molar-refractivity contribution < 1.29 is 18.3 Å². The fourth-order valence-corrected chi connectivity index (χ4v) is 2.99. The van der Waals surface area contributed by atoms with E-state index in [1.54, 1.807) is 4.31 Å². The average molecular weight is 257 g/mol. The van der Waals surface area contributed by atoms with Crippen LogP contribution in [-0.4, -0.2) is 45.2 Å². The van der Waals surface area contributed by atoms with Gasteiger partial charge in [-0.3, -0.25) is 0 Å². The maximum Gasteiger partial charge on any atom is 0.211 e. The number of piperazine rings is 1. The third kappa shape index (κ3) is 3.49. The molecule has 2 N–H and O–H groups in total. The van der Waals surface area contributed by atoms with E-state index in [4.69, 9.17) is 0 Å². The van der Waals surface area contributed by atoms with Crippen LogP contribution in [0.1, 0.15) is 5.56 Å². The normalized spacial score (nSPS) is 19.4. The van der Waals surface area contributed by atoms with Gasteiger partial charge in [-0.05, 0) is 6.07 Å². The Morgan fingerprint density at radius 2 is 2.12 bits per heavy atom. The molecule has 0 atom stereocenters. The van der Waals surface area contributed by atoms with Gasteiger partial charge in [0.15, 0.2) is 12.4 Å². The van der Waals surface area contributed by atoms with Gasteiger partial charge in [0.05, 0.1) is 38.0 Å². The summed E-state index contributed by atoms with van der Waals surface area (Å²) in [6.45, 7) is 3.97. The number of hydrogen-bond donors (Lipinski definition) is 1. The minimum absolute atomic E-state index is 0.630. The smallest absolute Gasteiger partial charge is 0.211 e. The highest BCUT2D eigenvalue weighted by Gasteiger charge is 2.25. The number of aromatic nitrogens is 1. The predicted octanol–water partition coefficient (Wildman–Crippen LogP) is -1.84. The van der Waals surface area contributed by atoms with Gasteiger partial charge < -0.3 is 4.90 Å². The lowest BCUT2D eigenvalue weighted by molar-refractivity contribution is -0.917. The second kappa shape index (κ2) is 5.12. The van der Waals surface area contributed by atoms with Crippen molar-refractivity contribution in [1.29, 1.82) is 0 Å². The van der Waals surface area contributed by atoms with Gasteiger partial charge >= 0.3 is 0 Å². The largest absolute Gasteiger partial charge is 0.329 e. The molecule has 0 aliphatic carbocycles. The van der Waals surface area contributed by atoms with E-state index in [2.05, 4.69) is 11.1 Å². The van der Waals surface area contributed by atoms with Crippen molar-refractivity contribution in [3.8, 4) is 0 Å². The molecular weight excluding hydrogens is 238 g/mol. The molecule has 1 aromatic heterocycles. The van der Waals surface area contributed by atoms with Crippen molar-refractivity contribution in [2.24, 2.45) is 0 Å². The number of aromatic amines is 1. The van der Waals surface area contributed by atoms with E-state index in [0.717, 1.165) is 19.6 Å². The van der Waals surface area contributed by atoms with Crippen molar-refractivity contribution in [2.75, 3.05) is 32.4 Å². The highest BCUT2D eigenvalue weighted by Crippen LogP contribution is 1.98. The topological polar surface area (TPSA) is 56.0 Å². The third-order valence-electron chi connectivity index (χ3n) is 3.12. The Kier molecular flexibility index (Phi) is 3.76. The van der Waals surface area contributed by atoms with Crippen molar-refractivity contribution >= 4 is 10.0 Å². The quantitative estimate of drug-likeness (QED) is 0.692. The van der Waals surface area contributed by atoms with Crippen molar-refractivity contribution in [3.05, 3.63) is 30.1 Å². The van der Waals surface area contributed by atoms with Gasteiger partial charge in [0.2, 0.25) is 10.0 Å². The minimum Gasteiger partial charge on any atom is -0.329 e. The van der Waals surface area contributed by atoms with E-state index >= 15 is 0 Å². The van der Waals surface area contributed by atoms with Gasteiger partial charge in [0.1, 0.15) is 6.54 Å². The van der Waals surface area contributed by atoms with Crippen LogP contribution >= 0.6 is 0 Å². The molecule has 5 nitrogen and oxygen atoms in total. The number of nitrogens with zero attached hydrogens (tertiary/aromatic N) is 1. The molecule has 1 fully saturated rings. The van der Waals surface area contributed by atoms with Crippen molar-refractivity contribution in [3.63, 3.8) is 0 Å². The zero-order valence-corrected chi connectivity index (χ0v) is 10.8. The zero-order chi connectivity index (χ0) is 12.3. The number of rotatable bonds is 3. The van der Waals surface area contributed by atoms with Crippen LogP contribution in [0.15, 0.2) is 24.5 Å². The Morgan fingerprint density at radius 1 is 1.41 bits per heavy atom. The Labute approximate surface area is 102 Å². The molecule has 6 heteroatoms. The third-order valence-corrected chi connectivity index (χ3v) is 4.43. The van der Waals surface area contributed by atoms with E-state index < -0.39 is 10.0 Å². The summed E-state index contributed by atoms with van der Waals surface area (Å²) in [5, 5.41) is 0. The van der Waals surface area contributed by atoms with Crippen LogP contribution in [0.25, 0.3) is 0 Å². The molecule has 1 aromatic rings. The van der Waals surface area contributed by atoms with Gasteiger partial charge in [0.25, 0.3) is 0 Å². The number of nitrogens with one attached hydrogen (secondary N) is 2. The summed E-state index contributed by atoms with van der Waals surface area (Å²) in [5.74, 6) is 0. The second-order valence-corrected chi connectivity index (χ2v) is 6.48. The highest BCUT2D eigenvalue weighted by molar-refractivity contribution is 7.88. The Bertz CT molecular complexity index is 453. The van der Waals surface area contributed by atoms with Crippen LogP contribution < -0.4 is 9.88 Å². The van der Waals surface area contributed by atoms with Gasteiger partial charge in [-0.1, -0.05) is 0 Å². The van der Waals surface area contributed by atoms with Gasteiger partial charge in [0, 0.05) is 6.07 Å². The molecule has 2 heterocycles. The molecule has 1 aliphatic heterocycles. The monoisotopic (exact) mass is 257 g/mol. The van der Waals surface area contributed by atoms with Crippen LogP contribution in [0.2, 0.25) is 0 Å². The average Bonchev–Trinajstić information content (AvgIpc) is 2.30. The van der Waals surface area contributed by atoms with Crippen LogP contribution in [0.4, 0.5) is 0 Å². The number of pyridine rings is 1. The first-order valence-electron chi connectivity index (χ1n) is 5.79. The summed E-state index contributed by atoms with van der Waals surface area (Å²) in [5.41, 5.74) is 1.26. The summed E-state index contributed by atoms with van der Waals surface area (Å²) >= 11 is 0. The maximum absolute atomic E-state index is 11.4. The molecule has 0 radical (unpaired) electrons. The lowest BCUT2D eigenvalue weighted by Gasteiger charge is -2.30. The Hall–Kier alpha value is -0.980. The summed E-state index contributed by atoms with van der Waals surface area (Å²) in [7, 11) is -3.01. The van der Waals surface area contributed by atoms with Crippen LogP contribution in [0, 0.1) is 0 Å². The summed E-state index contributed by atoms with van der Waals surface area (Å²) in [6.07, 6.45) is 5.17. The van der Waals surface area contributed by atoms with E-state index in [-0.39, 0.29) is 0 Å². The lowest BCUT2D eigenvalue weighted by Crippen LogP contribution is -3.13. The number of quaternary nitrogens is 1. The minimum atomic E-state index is -3.01. The molecule has 0 amide bonds. The van der Waals surface area contributed by atoms with Gasteiger partial charge in [-0.25, -0.2) is 13.4 Å². The SMILES string of the molecule is CS(=O)(=O)N1CC[NH+](Cc2ccc[nH+]c2)CC1. The molecule has 17 heavy (non-hydrogen) atoms. The first-order valence-corrected chi connectivity index (χ1v) is 7.64. The lowest BCUT2D eigenvalue weighted by atomic mass is 10.2. The molecule has 0 bridgehead atoms. The van der Waals surface area contributed by atoms with E-state index in [0.29, 0.717) is 13.1 Å².